The molecule has 0 aromatic carbocycles. The predicted octanol–water partition coefficient (Wildman–Crippen LogP) is 2.82. The van der Waals surface area contributed by atoms with Crippen LogP contribution in [0.15, 0.2) is 0 Å². The van der Waals surface area contributed by atoms with Gasteiger partial charge in [0.15, 0.2) is 5.60 Å². The van der Waals surface area contributed by atoms with Crippen molar-refractivity contribution in [1.82, 2.24) is 5.06 Å². The van der Waals surface area contributed by atoms with Crippen LogP contribution < -0.4 is 0 Å². The third-order valence-corrected chi connectivity index (χ3v) is 2.17. The second-order valence-electron chi connectivity index (χ2n) is 5.84. The number of hydrogen-bond donors (Lipinski definition) is 1. The summed E-state index contributed by atoms with van der Waals surface area (Å²) in [6.07, 6.45) is 0.890. The highest BCUT2D eigenvalue weighted by Gasteiger charge is 2.34. The number of hydroxylamine groups is 2. The molecule has 0 heterocycles. The van der Waals surface area contributed by atoms with Crippen LogP contribution in [0.5, 0.6) is 0 Å². The molecule has 1 N–H and O–H groups in total. The zero-order valence-corrected chi connectivity index (χ0v) is 12.6. The van der Waals surface area contributed by atoms with Crippen molar-refractivity contribution in [3.05, 3.63) is 0 Å². The number of nitrogens with zero attached hydrogens (tertiary/aromatic N) is 1. The van der Waals surface area contributed by atoms with Crippen molar-refractivity contribution in [2.45, 2.75) is 65.6 Å². The normalized spacial score (nSPS) is 12.1. The number of aliphatic carboxylic acids is 1. The summed E-state index contributed by atoms with van der Waals surface area (Å²) < 4.78 is 5.19. The van der Waals surface area contributed by atoms with Crippen molar-refractivity contribution >= 4 is 12.1 Å². The van der Waals surface area contributed by atoms with E-state index in [-0.39, 0.29) is 0 Å². The van der Waals surface area contributed by atoms with Crippen molar-refractivity contribution < 1.29 is 24.3 Å². The number of rotatable bonds is 6. The van der Waals surface area contributed by atoms with Gasteiger partial charge in [-0.05, 0) is 41.0 Å². The number of unbranched alkanes of at least 4 members (excludes halogenated alkanes) is 1. The van der Waals surface area contributed by atoms with Crippen molar-refractivity contribution in [2.75, 3.05) is 6.54 Å². The fourth-order valence-electron chi connectivity index (χ4n) is 1.10. The molecular formula is C13H25NO5. The van der Waals surface area contributed by atoms with E-state index in [0.717, 1.165) is 11.5 Å². The Bertz CT molecular complexity index is 319. The Morgan fingerprint density at radius 1 is 1.16 bits per heavy atom. The summed E-state index contributed by atoms with van der Waals surface area (Å²) in [4.78, 5) is 28.3. The lowest BCUT2D eigenvalue weighted by Crippen LogP contribution is -2.46. The summed E-state index contributed by atoms with van der Waals surface area (Å²) in [5.74, 6) is -1.14. The van der Waals surface area contributed by atoms with Gasteiger partial charge in [0, 0.05) is 0 Å². The fourth-order valence-corrected chi connectivity index (χ4v) is 1.10. The van der Waals surface area contributed by atoms with Gasteiger partial charge in [0.25, 0.3) is 0 Å². The minimum Gasteiger partial charge on any atom is -0.479 e. The fraction of sp³-hybridized carbons (Fsp3) is 0.846. The van der Waals surface area contributed by atoms with E-state index in [9.17, 15) is 9.59 Å². The van der Waals surface area contributed by atoms with Crippen LogP contribution >= 0.6 is 0 Å². The van der Waals surface area contributed by atoms with Gasteiger partial charge < -0.3 is 9.84 Å². The molecule has 0 aromatic rings. The highest BCUT2D eigenvalue weighted by molar-refractivity contribution is 5.76. The van der Waals surface area contributed by atoms with Crippen LogP contribution in [0.4, 0.5) is 4.79 Å². The Hall–Kier alpha value is -1.30. The maximum atomic E-state index is 12.0. The quantitative estimate of drug-likeness (QED) is 0.754. The van der Waals surface area contributed by atoms with Gasteiger partial charge in [-0.2, -0.15) is 5.06 Å². The summed E-state index contributed by atoms with van der Waals surface area (Å²) in [6.45, 7) is 10.3. The molecular weight excluding hydrogens is 250 g/mol. The molecule has 19 heavy (non-hydrogen) atoms. The van der Waals surface area contributed by atoms with Crippen LogP contribution in [0.3, 0.4) is 0 Å². The molecule has 0 rings (SSSR count). The molecule has 6 heteroatoms. The minimum absolute atomic E-state index is 0.294. The van der Waals surface area contributed by atoms with Crippen LogP contribution in [-0.4, -0.2) is 40.0 Å². The average molecular weight is 275 g/mol. The van der Waals surface area contributed by atoms with E-state index in [4.69, 9.17) is 14.7 Å². The number of amides is 1. The molecule has 0 aromatic heterocycles. The molecule has 1 amide bonds. The third kappa shape index (κ3) is 7.00. The van der Waals surface area contributed by atoms with Gasteiger partial charge >= 0.3 is 12.1 Å². The third-order valence-electron chi connectivity index (χ3n) is 2.17. The molecule has 0 bridgehead atoms. The average Bonchev–Trinajstić information content (AvgIpc) is 2.21. The van der Waals surface area contributed by atoms with Gasteiger partial charge in [-0.25, -0.2) is 9.59 Å². The van der Waals surface area contributed by atoms with Gasteiger partial charge in [-0.1, -0.05) is 13.3 Å². The summed E-state index contributed by atoms with van der Waals surface area (Å²) in [6, 6.07) is 0. The first kappa shape index (κ1) is 17.7. The van der Waals surface area contributed by atoms with Crippen LogP contribution in [0.2, 0.25) is 0 Å². The van der Waals surface area contributed by atoms with Crippen molar-refractivity contribution in [2.24, 2.45) is 0 Å². The molecule has 0 radical (unpaired) electrons. The van der Waals surface area contributed by atoms with Crippen molar-refractivity contribution in [1.29, 1.82) is 0 Å². The van der Waals surface area contributed by atoms with Gasteiger partial charge in [-0.3, -0.25) is 4.84 Å². The largest absolute Gasteiger partial charge is 0.479 e. The molecule has 0 spiro atoms. The molecule has 0 aliphatic rings. The summed E-state index contributed by atoms with van der Waals surface area (Å²) in [7, 11) is 0. The number of carboxylic acids is 1. The van der Waals surface area contributed by atoms with E-state index in [2.05, 4.69) is 0 Å². The maximum absolute atomic E-state index is 12.0. The Balaban J connectivity index is 4.81. The standard InChI is InChI=1S/C13H25NO5/c1-7-8-9-14(11(17)18-12(2,3)4)19-13(5,6)10(15)16/h7-9H2,1-6H3,(H,15,16). The topological polar surface area (TPSA) is 76.1 Å². The number of carbonyl (C=O) groups excluding carboxylic acids is 1. The van der Waals surface area contributed by atoms with E-state index in [1.54, 1.807) is 20.8 Å². The van der Waals surface area contributed by atoms with Crippen LogP contribution in [0.1, 0.15) is 54.4 Å². The highest BCUT2D eigenvalue weighted by Crippen LogP contribution is 2.17. The molecule has 0 aliphatic carbocycles. The molecule has 112 valence electrons. The Kier molecular flexibility index (Phi) is 6.29. The second-order valence-corrected chi connectivity index (χ2v) is 5.84. The molecule has 0 aliphatic heterocycles. The Morgan fingerprint density at radius 3 is 2.05 bits per heavy atom. The first-order valence-electron chi connectivity index (χ1n) is 6.42. The molecule has 0 atom stereocenters. The zero-order chi connectivity index (χ0) is 15.3. The van der Waals surface area contributed by atoms with E-state index < -0.39 is 23.3 Å². The number of hydrogen-bond acceptors (Lipinski definition) is 4. The highest BCUT2D eigenvalue weighted by atomic mass is 16.7. The first-order valence-corrected chi connectivity index (χ1v) is 6.42. The van der Waals surface area contributed by atoms with E-state index in [1.807, 2.05) is 6.92 Å². The summed E-state index contributed by atoms with van der Waals surface area (Å²) >= 11 is 0. The Morgan fingerprint density at radius 2 is 1.68 bits per heavy atom. The number of carboxylic acid groups (broad SMARTS) is 1. The van der Waals surface area contributed by atoms with Crippen molar-refractivity contribution in [3.63, 3.8) is 0 Å². The maximum Gasteiger partial charge on any atom is 0.434 e. The molecule has 0 unspecified atom stereocenters. The van der Waals surface area contributed by atoms with Gasteiger partial charge in [0.2, 0.25) is 0 Å². The van der Waals surface area contributed by atoms with Gasteiger partial charge in [-0.15, -0.1) is 0 Å². The predicted molar refractivity (Wildman–Crippen MR) is 70.6 cm³/mol. The lowest BCUT2D eigenvalue weighted by atomic mass is 10.1. The summed E-state index contributed by atoms with van der Waals surface area (Å²) in [5, 5.41) is 10.0. The van der Waals surface area contributed by atoms with Gasteiger partial charge in [0.05, 0.1) is 6.54 Å². The zero-order valence-electron chi connectivity index (χ0n) is 12.6. The molecule has 6 nitrogen and oxygen atoms in total. The molecule has 0 saturated heterocycles. The van der Waals surface area contributed by atoms with Crippen LogP contribution in [0.25, 0.3) is 0 Å². The number of ether oxygens (including phenoxy) is 1. The monoisotopic (exact) mass is 275 g/mol. The van der Waals surface area contributed by atoms with Crippen molar-refractivity contribution in [3.8, 4) is 0 Å². The summed E-state index contributed by atoms with van der Waals surface area (Å²) in [5.41, 5.74) is -2.14. The SMILES string of the molecule is CCCCN(OC(C)(C)C(=O)O)C(=O)OC(C)(C)C. The lowest BCUT2D eigenvalue weighted by Gasteiger charge is -2.31. The Labute approximate surface area is 114 Å². The van der Waals surface area contributed by atoms with Gasteiger partial charge in [0.1, 0.15) is 5.60 Å². The van der Waals surface area contributed by atoms with E-state index in [1.165, 1.54) is 13.8 Å². The number of carbonyl (C=O) groups is 2. The smallest absolute Gasteiger partial charge is 0.434 e. The lowest BCUT2D eigenvalue weighted by molar-refractivity contribution is -0.226. The van der Waals surface area contributed by atoms with E-state index >= 15 is 0 Å². The van der Waals surface area contributed by atoms with Crippen LogP contribution in [0, 0.1) is 0 Å². The first-order chi connectivity index (χ1) is 8.49. The second kappa shape index (κ2) is 6.75. The minimum atomic E-state index is -1.48. The van der Waals surface area contributed by atoms with E-state index in [0.29, 0.717) is 13.0 Å². The van der Waals surface area contributed by atoms with Crippen LogP contribution in [-0.2, 0) is 14.4 Å². The molecule has 0 saturated carbocycles. The molecule has 0 fully saturated rings.